The van der Waals surface area contributed by atoms with Crippen molar-refractivity contribution in [2.75, 3.05) is 6.61 Å². The Morgan fingerprint density at radius 3 is 2.67 bits per heavy atom. The van der Waals surface area contributed by atoms with Crippen molar-refractivity contribution in [2.45, 2.75) is 26.9 Å². The Hall–Kier alpha value is -3.81. The molecule has 1 amide bonds. The summed E-state index contributed by atoms with van der Waals surface area (Å²) in [5, 5.41) is 17.9. The zero-order chi connectivity index (χ0) is 20.8. The Kier molecular flexibility index (Phi) is 4.20. The molecule has 0 fully saturated rings. The summed E-state index contributed by atoms with van der Waals surface area (Å²) in [7, 11) is 0. The van der Waals surface area contributed by atoms with Gasteiger partial charge in [-0.2, -0.15) is 5.10 Å². The van der Waals surface area contributed by atoms with Crippen molar-refractivity contribution in [3.8, 4) is 28.5 Å². The normalized spacial score (nSPS) is 13.1. The van der Waals surface area contributed by atoms with E-state index in [-0.39, 0.29) is 11.8 Å². The molecule has 30 heavy (non-hydrogen) atoms. The minimum Gasteiger partial charge on any atom is -0.504 e. The summed E-state index contributed by atoms with van der Waals surface area (Å²) < 4.78 is 5.10. The number of hydrogen-bond acceptors (Lipinski definition) is 5. The fraction of sp³-hybridized carbons (Fsp3) is 0.227. The summed E-state index contributed by atoms with van der Waals surface area (Å²) in [6.07, 6.45) is -0.308. The fourth-order valence-corrected chi connectivity index (χ4v) is 3.78. The molecule has 152 valence electrons. The number of aryl methyl sites for hydroxylation is 1. The Bertz CT molecular complexity index is 1210. The third kappa shape index (κ3) is 2.97. The van der Waals surface area contributed by atoms with Crippen molar-refractivity contribution in [3.63, 3.8) is 0 Å². The second kappa shape index (κ2) is 6.91. The van der Waals surface area contributed by atoms with Crippen LogP contribution in [-0.2, 0) is 17.8 Å². The molecule has 3 heterocycles. The van der Waals surface area contributed by atoms with Gasteiger partial charge in [0, 0.05) is 18.7 Å². The highest BCUT2D eigenvalue weighted by molar-refractivity contribution is 5.84. The van der Waals surface area contributed by atoms with Crippen molar-refractivity contribution >= 4 is 17.1 Å². The number of nitrogens with zero attached hydrogens (tertiary/aromatic N) is 3. The Balaban J connectivity index is 1.46. The van der Waals surface area contributed by atoms with Crippen molar-refractivity contribution in [1.29, 1.82) is 0 Å². The second-order valence-electron chi connectivity index (χ2n) is 7.44. The van der Waals surface area contributed by atoms with Crippen molar-refractivity contribution in [3.05, 3.63) is 53.1 Å². The van der Waals surface area contributed by atoms with Gasteiger partial charge in [-0.15, -0.1) is 0 Å². The van der Waals surface area contributed by atoms with Crippen molar-refractivity contribution in [2.24, 2.45) is 0 Å². The molecule has 0 saturated carbocycles. The maximum Gasteiger partial charge on any atom is 0.410 e. The number of carbonyl (C=O) groups is 1. The Labute approximate surface area is 172 Å². The van der Waals surface area contributed by atoms with Crippen LogP contribution in [-0.4, -0.2) is 42.9 Å². The van der Waals surface area contributed by atoms with Crippen LogP contribution < -0.4 is 0 Å². The molecule has 0 radical (unpaired) electrons. The van der Waals surface area contributed by atoms with E-state index in [0.29, 0.717) is 36.9 Å². The summed E-state index contributed by atoms with van der Waals surface area (Å²) in [4.78, 5) is 21.5. The molecule has 4 aromatic rings. The van der Waals surface area contributed by atoms with Gasteiger partial charge in [0.25, 0.3) is 0 Å². The van der Waals surface area contributed by atoms with Crippen LogP contribution in [0.2, 0.25) is 0 Å². The number of benzene rings is 2. The van der Waals surface area contributed by atoms with Crippen molar-refractivity contribution in [1.82, 2.24) is 25.1 Å². The highest BCUT2D eigenvalue weighted by Gasteiger charge is 2.26. The van der Waals surface area contributed by atoms with Gasteiger partial charge in [-0.1, -0.05) is 29.8 Å². The van der Waals surface area contributed by atoms with E-state index in [1.807, 2.05) is 43.3 Å². The lowest BCUT2D eigenvalue weighted by atomic mass is 10.1. The van der Waals surface area contributed by atoms with Gasteiger partial charge in [0.2, 0.25) is 0 Å². The third-order valence-electron chi connectivity index (χ3n) is 5.35. The maximum atomic E-state index is 12.0. The number of aromatic amines is 2. The Morgan fingerprint density at radius 2 is 1.93 bits per heavy atom. The zero-order valence-corrected chi connectivity index (χ0v) is 16.7. The number of H-pyrrole nitrogens is 2. The number of aromatic hydroxyl groups is 1. The lowest BCUT2D eigenvalue weighted by Gasteiger charge is -2.13. The number of imidazole rings is 1. The highest BCUT2D eigenvalue weighted by atomic mass is 16.6. The van der Waals surface area contributed by atoms with Gasteiger partial charge in [-0.3, -0.25) is 10.00 Å². The second-order valence-corrected chi connectivity index (χ2v) is 7.44. The molecule has 1 aliphatic heterocycles. The summed E-state index contributed by atoms with van der Waals surface area (Å²) in [5.74, 6) is 0.568. The SMILES string of the molecule is CCOC(=O)N1Cc2cc3nc(-c4[nH]nc(-c5ccc(C)cc5)c4O)[nH]c3cc2C1. The Morgan fingerprint density at radius 1 is 1.20 bits per heavy atom. The van der Waals surface area contributed by atoms with Gasteiger partial charge in [0.1, 0.15) is 11.4 Å². The number of amides is 1. The van der Waals surface area contributed by atoms with Crippen LogP contribution in [0.4, 0.5) is 4.79 Å². The summed E-state index contributed by atoms with van der Waals surface area (Å²) in [5.41, 5.74) is 6.59. The zero-order valence-electron chi connectivity index (χ0n) is 16.7. The minimum atomic E-state index is -0.308. The smallest absolute Gasteiger partial charge is 0.410 e. The standard InChI is InChI=1S/C22H21N5O3/c1-3-30-22(29)27-10-14-8-16-17(9-15(14)11-27)24-21(23-16)19-20(28)18(25-26-19)13-6-4-12(2)5-7-13/h4-9,28H,3,10-11H2,1-2H3,(H,23,24)(H,25,26). The van der Waals surface area contributed by atoms with Crippen LogP contribution >= 0.6 is 0 Å². The predicted molar refractivity (Wildman–Crippen MR) is 112 cm³/mol. The lowest BCUT2D eigenvalue weighted by molar-refractivity contribution is 0.106. The molecule has 2 aromatic carbocycles. The van der Waals surface area contributed by atoms with E-state index in [1.54, 1.807) is 11.8 Å². The van der Waals surface area contributed by atoms with Crippen LogP contribution in [0, 0.1) is 6.92 Å². The number of nitrogens with one attached hydrogen (secondary N) is 2. The number of fused-ring (bicyclic) bond motifs is 2. The molecule has 0 bridgehead atoms. The van der Waals surface area contributed by atoms with E-state index in [9.17, 15) is 9.90 Å². The average Bonchev–Trinajstić information content (AvgIpc) is 3.42. The minimum absolute atomic E-state index is 0.0546. The largest absolute Gasteiger partial charge is 0.504 e. The molecular weight excluding hydrogens is 382 g/mol. The molecule has 0 saturated heterocycles. The molecule has 0 aliphatic carbocycles. The van der Waals surface area contributed by atoms with Gasteiger partial charge < -0.3 is 14.8 Å². The molecule has 0 atom stereocenters. The molecule has 8 nitrogen and oxygen atoms in total. The first kappa shape index (κ1) is 18.2. The first-order valence-corrected chi connectivity index (χ1v) is 9.81. The number of rotatable bonds is 3. The number of carbonyl (C=O) groups excluding carboxylic acids is 1. The summed E-state index contributed by atoms with van der Waals surface area (Å²) >= 11 is 0. The first-order valence-electron chi connectivity index (χ1n) is 9.81. The van der Waals surface area contributed by atoms with Crippen LogP contribution in [0.5, 0.6) is 5.75 Å². The fourth-order valence-electron chi connectivity index (χ4n) is 3.78. The van der Waals surface area contributed by atoms with E-state index in [0.717, 1.165) is 33.3 Å². The highest BCUT2D eigenvalue weighted by Crippen LogP contribution is 2.36. The van der Waals surface area contributed by atoms with Gasteiger partial charge in [0.05, 0.1) is 17.6 Å². The lowest BCUT2D eigenvalue weighted by Crippen LogP contribution is -2.25. The van der Waals surface area contributed by atoms with E-state index in [1.165, 1.54) is 0 Å². The van der Waals surface area contributed by atoms with Gasteiger partial charge in [-0.25, -0.2) is 9.78 Å². The maximum absolute atomic E-state index is 12.0. The average molecular weight is 403 g/mol. The van der Waals surface area contributed by atoms with Crippen LogP contribution in [0.15, 0.2) is 36.4 Å². The van der Waals surface area contributed by atoms with E-state index in [4.69, 9.17) is 4.74 Å². The molecule has 2 aromatic heterocycles. The van der Waals surface area contributed by atoms with Crippen LogP contribution in [0.1, 0.15) is 23.6 Å². The van der Waals surface area contributed by atoms with Gasteiger partial charge >= 0.3 is 6.09 Å². The number of hydrogen-bond donors (Lipinski definition) is 3. The quantitative estimate of drug-likeness (QED) is 0.477. The predicted octanol–water partition coefficient (Wildman–Crippen LogP) is 4.11. The molecule has 1 aliphatic rings. The van der Waals surface area contributed by atoms with Crippen LogP contribution in [0.3, 0.4) is 0 Å². The molecule has 8 heteroatoms. The van der Waals surface area contributed by atoms with Gasteiger partial charge in [-0.05, 0) is 37.1 Å². The van der Waals surface area contributed by atoms with Crippen LogP contribution in [0.25, 0.3) is 33.8 Å². The summed E-state index contributed by atoms with van der Waals surface area (Å²) in [6, 6.07) is 11.8. The monoisotopic (exact) mass is 403 g/mol. The summed E-state index contributed by atoms with van der Waals surface area (Å²) in [6.45, 7) is 5.17. The van der Waals surface area contributed by atoms with E-state index < -0.39 is 0 Å². The molecule has 5 rings (SSSR count). The number of ether oxygens (including phenoxy) is 1. The topological polar surface area (TPSA) is 107 Å². The van der Waals surface area contributed by atoms with Gasteiger partial charge in [0.15, 0.2) is 11.6 Å². The molecular formula is C22H21N5O3. The third-order valence-corrected chi connectivity index (χ3v) is 5.35. The van der Waals surface area contributed by atoms with Crippen molar-refractivity contribution < 1.29 is 14.6 Å². The molecule has 0 spiro atoms. The molecule has 0 unspecified atom stereocenters. The number of aromatic nitrogens is 4. The molecule has 3 N–H and O–H groups in total. The first-order chi connectivity index (χ1) is 14.5. The van der Waals surface area contributed by atoms with E-state index >= 15 is 0 Å². The van der Waals surface area contributed by atoms with E-state index in [2.05, 4.69) is 20.2 Å².